The summed E-state index contributed by atoms with van der Waals surface area (Å²) in [5.74, 6) is 0. The van der Waals surface area contributed by atoms with E-state index >= 15 is 0 Å². The number of nitrogens with zero attached hydrogens (tertiary/aromatic N) is 2. The van der Waals surface area contributed by atoms with Gasteiger partial charge in [-0.05, 0) is 19.3 Å². The van der Waals surface area contributed by atoms with Crippen molar-refractivity contribution < 1.29 is 0 Å². The van der Waals surface area contributed by atoms with Crippen LogP contribution in [0.2, 0.25) is 0 Å². The summed E-state index contributed by atoms with van der Waals surface area (Å²) < 4.78 is 0. The minimum atomic E-state index is 0.630. The van der Waals surface area contributed by atoms with Gasteiger partial charge >= 0.3 is 0 Å². The Morgan fingerprint density at radius 1 is 1.12 bits per heavy atom. The van der Waals surface area contributed by atoms with E-state index in [9.17, 15) is 0 Å². The quantitative estimate of drug-likeness (QED) is 0.792. The molecule has 0 aromatic heterocycles. The molecule has 0 aromatic rings. The van der Waals surface area contributed by atoms with E-state index < -0.39 is 0 Å². The highest BCUT2D eigenvalue weighted by Crippen LogP contribution is 2.24. The van der Waals surface area contributed by atoms with Gasteiger partial charge in [-0.1, -0.05) is 26.2 Å². The SMILES string of the molecule is CCCC(CN)N1CCN(C2CCCC2)CC1. The Labute approximate surface area is 106 Å². The van der Waals surface area contributed by atoms with Crippen LogP contribution < -0.4 is 5.73 Å². The van der Waals surface area contributed by atoms with Gasteiger partial charge in [-0.2, -0.15) is 0 Å². The summed E-state index contributed by atoms with van der Waals surface area (Å²) in [5.41, 5.74) is 5.89. The molecule has 2 rings (SSSR count). The Hall–Kier alpha value is -0.120. The van der Waals surface area contributed by atoms with Gasteiger partial charge in [0, 0.05) is 44.8 Å². The van der Waals surface area contributed by atoms with E-state index in [0.717, 1.165) is 12.6 Å². The zero-order chi connectivity index (χ0) is 12.1. The van der Waals surface area contributed by atoms with Crippen molar-refractivity contribution in [2.45, 2.75) is 57.5 Å². The first-order chi connectivity index (χ1) is 8.35. The van der Waals surface area contributed by atoms with Gasteiger partial charge in [-0.25, -0.2) is 0 Å². The van der Waals surface area contributed by atoms with Gasteiger partial charge in [0.1, 0.15) is 0 Å². The van der Waals surface area contributed by atoms with Crippen LogP contribution in [0.4, 0.5) is 0 Å². The largest absolute Gasteiger partial charge is 0.329 e. The van der Waals surface area contributed by atoms with Crippen LogP contribution in [0.25, 0.3) is 0 Å². The number of hydrogen-bond acceptors (Lipinski definition) is 3. The maximum Gasteiger partial charge on any atom is 0.0219 e. The molecule has 3 nitrogen and oxygen atoms in total. The van der Waals surface area contributed by atoms with Gasteiger partial charge in [0.2, 0.25) is 0 Å². The van der Waals surface area contributed by atoms with Gasteiger partial charge < -0.3 is 5.73 Å². The minimum absolute atomic E-state index is 0.630. The summed E-state index contributed by atoms with van der Waals surface area (Å²) in [5, 5.41) is 0. The van der Waals surface area contributed by atoms with Crippen molar-refractivity contribution in [3.8, 4) is 0 Å². The molecule has 2 fully saturated rings. The number of piperazine rings is 1. The first-order valence-corrected chi connectivity index (χ1v) is 7.53. The predicted molar refractivity (Wildman–Crippen MR) is 73.2 cm³/mol. The Kier molecular flexibility index (Phi) is 5.26. The molecule has 0 spiro atoms. The van der Waals surface area contributed by atoms with E-state index in [4.69, 9.17) is 5.73 Å². The third-order valence-electron chi connectivity index (χ3n) is 4.60. The van der Waals surface area contributed by atoms with Crippen molar-refractivity contribution in [3.63, 3.8) is 0 Å². The second-order valence-electron chi connectivity index (χ2n) is 5.69. The Balaban J connectivity index is 1.76. The lowest BCUT2D eigenvalue weighted by molar-refractivity contribution is 0.0696. The molecule has 1 saturated heterocycles. The first-order valence-electron chi connectivity index (χ1n) is 7.53. The second kappa shape index (κ2) is 6.72. The van der Waals surface area contributed by atoms with Gasteiger partial charge in [-0.15, -0.1) is 0 Å². The summed E-state index contributed by atoms with van der Waals surface area (Å²) in [4.78, 5) is 5.35. The summed E-state index contributed by atoms with van der Waals surface area (Å²) in [7, 11) is 0. The van der Waals surface area contributed by atoms with E-state index in [1.807, 2.05) is 0 Å². The summed E-state index contributed by atoms with van der Waals surface area (Å²) >= 11 is 0. The molecule has 1 heterocycles. The third-order valence-corrected chi connectivity index (χ3v) is 4.60. The fourth-order valence-electron chi connectivity index (χ4n) is 3.52. The Bertz CT molecular complexity index is 206. The molecule has 0 bridgehead atoms. The molecule has 1 aliphatic carbocycles. The van der Waals surface area contributed by atoms with Crippen LogP contribution in [0.1, 0.15) is 45.4 Å². The van der Waals surface area contributed by atoms with E-state index in [1.54, 1.807) is 0 Å². The fraction of sp³-hybridized carbons (Fsp3) is 1.00. The van der Waals surface area contributed by atoms with Crippen LogP contribution in [0.3, 0.4) is 0 Å². The minimum Gasteiger partial charge on any atom is -0.329 e. The molecule has 0 amide bonds. The molecule has 0 radical (unpaired) electrons. The monoisotopic (exact) mass is 239 g/mol. The van der Waals surface area contributed by atoms with Crippen molar-refractivity contribution >= 4 is 0 Å². The van der Waals surface area contributed by atoms with E-state index in [1.165, 1.54) is 64.7 Å². The molecule has 100 valence electrons. The molecule has 17 heavy (non-hydrogen) atoms. The lowest BCUT2D eigenvalue weighted by Crippen LogP contribution is -2.54. The molecule has 1 saturated carbocycles. The van der Waals surface area contributed by atoms with Crippen LogP contribution in [0.15, 0.2) is 0 Å². The molecular formula is C14H29N3. The Morgan fingerprint density at radius 2 is 1.76 bits per heavy atom. The number of hydrogen-bond donors (Lipinski definition) is 1. The van der Waals surface area contributed by atoms with Gasteiger partial charge in [-0.3, -0.25) is 9.80 Å². The van der Waals surface area contributed by atoms with Gasteiger partial charge in [0.05, 0.1) is 0 Å². The second-order valence-corrected chi connectivity index (χ2v) is 5.69. The van der Waals surface area contributed by atoms with Crippen molar-refractivity contribution in [2.75, 3.05) is 32.7 Å². The third kappa shape index (κ3) is 3.43. The summed E-state index contributed by atoms with van der Waals surface area (Å²) in [6, 6.07) is 1.53. The Morgan fingerprint density at radius 3 is 2.29 bits per heavy atom. The molecule has 3 heteroatoms. The molecular weight excluding hydrogens is 210 g/mol. The average molecular weight is 239 g/mol. The molecule has 2 N–H and O–H groups in total. The van der Waals surface area contributed by atoms with E-state index in [-0.39, 0.29) is 0 Å². The highest BCUT2D eigenvalue weighted by atomic mass is 15.3. The normalized spacial score (nSPS) is 26.5. The van der Waals surface area contributed by atoms with E-state index in [0.29, 0.717) is 6.04 Å². The zero-order valence-electron chi connectivity index (χ0n) is 11.4. The van der Waals surface area contributed by atoms with Crippen molar-refractivity contribution in [1.29, 1.82) is 0 Å². The standard InChI is InChI=1S/C14H29N3/c1-2-5-14(12-15)17-10-8-16(9-11-17)13-6-3-4-7-13/h13-14H,2-12,15H2,1H3. The lowest BCUT2D eigenvalue weighted by Gasteiger charge is -2.41. The maximum atomic E-state index is 5.89. The molecule has 1 aliphatic heterocycles. The smallest absolute Gasteiger partial charge is 0.0219 e. The molecule has 2 aliphatic rings. The van der Waals surface area contributed by atoms with Crippen LogP contribution in [-0.4, -0.2) is 54.6 Å². The zero-order valence-corrected chi connectivity index (χ0v) is 11.4. The van der Waals surface area contributed by atoms with E-state index in [2.05, 4.69) is 16.7 Å². The van der Waals surface area contributed by atoms with Gasteiger partial charge in [0.25, 0.3) is 0 Å². The molecule has 1 unspecified atom stereocenters. The molecule has 0 aromatic carbocycles. The lowest BCUT2D eigenvalue weighted by atomic mass is 10.1. The number of rotatable bonds is 5. The highest BCUT2D eigenvalue weighted by Gasteiger charge is 2.28. The summed E-state index contributed by atoms with van der Waals surface area (Å²) in [6.45, 7) is 8.10. The van der Waals surface area contributed by atoms with Gasteiger partial charge in [0.15, 0.2) is 0 Å². The van der Waals surface area contributed by atoms with Crippen LogP contribution >= 0.6 is 0 Å². The topological polar surface area (TPSA) is 32.5 Å². The number of nitrogens with two attached hydrogens (primary N) is 1. The van der Waals surface area contributed by atoms with Crippen LogP contribution in [0.5, 0.6) is 0 Å². The highest BCUT2D eigenvalue weighted by molar-refractivity contribution is 4.84. The first kappa shape index (κ1) is 13.3. The maximum absolute atomic E-state index is 5.89. The summed E-state index contributed by atoms with van der Waals surface area (Å²) in [6.07, 6.45) is 8.30. The predicted octanol–water partition coefficient (Wildman–Crippen LogP) is 1.67. The average Bonchev–Trinajstić information content (AvgIpc) is 2.90. The molecule has 1 atom stereocenters. The van der Waals surface area contributed by atoms with Crippen molar-refractivity contribution in [3.05, 3.63) is 0 Å². The van der Waals surface area contributed by atoms with Crippen molar-refractivity contribution in [1.82, 2.24) is 9.80 Å². The van der Waals surface area contributed by atoms with Crippen LogP contribution in [0, 0.1) is 0 Å². The van der Waals surface area contributed by atoms with Crippen LogP contribution in [-0.2, 0) is 0 Å². The fourth-order valence-corrected chi connectivity index (χ4v) is 3.52. The van der Waals surface area contributed by atoms with Crippen molar-refractivity contribution in [2.24, 2.45) is 5.73 Å².